The molecule has 0 aliphatic heterocycles. The molecule has 0 aliphatic rings. The highest BCUT2D eigenvalue weighted by molar-refractivity contribution is 7.88. The summed E-state index contributed by atoms with van der Waals surface area (Å²) in [5, 5.41) is 0. The van der Waals surface area contributed by atoms with Gasteiger partial charge in [0.05, 0.1) is 11.3 Å². The number of hydrogen-bond acceptors (Lipinski definition) is 3. The van der Waals surface area contributed by atoms with Crippen LogP contribution in [0.25, 0.3) is 0 Å². The fraction of sp³-hybridized carbons (Fsp3) is 0.294. The van der Waals surface area contributed by atoms with E-state index in [2.05, 4.69) is 4.72 Å². The molecule has 0 atom stereocenters. The largest absolute Gasteiger partial charge is 0.492 e. The van der Waals surface area contributed by atoms with Crippen molar-refractivity contribution >= 4 is 10.0 Å². The molecule has 2 aromatic carbocycles. The van der Waals surface area contributed by atoms with E-state index in [4.69, 9.17) is 4.74 Å². The zero-order valence-electron chi connectivity index (χ0n) is 13.5. The highest BCUT2D eigenvalue weighted by Crippen LogP contribution is 2.29. The average molecular weight is 373 g/mol. The van der Waals surface area contributed by atoms with Crippen LogP contribution in [0.3, 0.4) is 0 Å². The minimum Gasteiger partial charge on any atom is -0.492 e. The van der Waals surface area contributed by atoms with Crippen molar-refractivity contribution in [2.24, 2.45) is 0 Å². The average Bonchev–Trinajstić information content (AvgIpc) is 2.52. The Hall–Kier alpha value is -2.06. The van der Waals surface area contributed by atoms with E-state index in [1.54, 1.807) is 12.1 Å². The van der Waals surface area contributed by atoms with E-state index in [0.717, 1.165) is 17.7 Å². The summed E-state index contributed by atoms with van der Waals surface area (Å²) in [5.41, 5.74) is 0.277. The number of ether oxygens (including phenoxy) is 1. The molecule has 0 fully saturated rings. The van der Waals surface area contributed by atoms with Gasteiger partial charge in [-0.3, -0.25) is 0 Å². The van der Waals surface area contributed by atoms with Crippen LogP contribution in [0.15, 0.2) is 48.5 Å². The lowest BCUT2D eigenvalue weighted by atomic mass is 10.1. The number of hydrogen-bond donors (Lipinski definition) is 1. The van der Waals surface area contributed by atoms with Gasteiger partial charge in [0.2, 0.25) is 10.0 Å². The molecule has 1 N–H and O–H groups in total. The van der Waals surface area contributed by atoms with Crippen molar-refractivity contribution in [3.63, 3.8) is 0 Å². The molecule has 0 radical (unpaired) electrons. The molecule has 8 heteroatoms. The third-order valence-corrected chi connectivity index (χ3v) is 4.68. The Kier molecular flexibility index (Phi) is 6.07. The summed E-state index contributed by atoms with van der Waals surface area (Å²) >= 11 is 0. The van der Waals surface area contributed by atoms with E-state index in [-0.39, 0.29) is 18.7 Å². The first-order chi connectivity index (χ1) is 11.7. The lowest BCUT2D eigenvalue weighted by Gasteiger charge is -2.11. The second-order valence-electron chi connectivity index (χ2n) is 5.51. The Labute approximate surface area is 144 Å². The van der Waals surface area contributed by atoms with E-state index in [9.17, 15) is 21.6 Å². The van der Waals surface area contributed by atoms with Crippen LogP contribution >= 0.6 is 0 Å². The summed E-state index contributed by atoms with van der Waals surface area (Å²) in [6.45, 7) is 2.08. The summed E-state index contributed by atoms with van der Waals surface area (Å²) in [7, 11) is -3.76. The normalized spacial score (nSPS) is 12.2. The molecule has 0 aromatic heterocycles. The van der Waals surface area contributed by atoms with Gasteiger partial charge in [-0.15, -0.1) is 0 Å². The van der Waals surface area contributed by atoms with Crippen molar-refractivity contribution < 1.29 is 26.3 Å². The highest BCUT2D eigenvalue weighted by Gasteiger charge is 2.30. The third-order valence-electron chi connectivity index (χ3n) is 3.32. The number of nitrogens with one attached hydrogen (secondary N) is 1. The van der Waals surface area contributed by atoms with Gasteiger partial charge in [0.1, 0.15) is 12.4 Å². The molecule has 0 bridgehead atoms. The van der Waals surface area contributed by atoms with Crippen molar-refractivity contribution in [3.8, 4) is 5.75 Å². The molecule has 0 aliphatic carbocycles. The summed E-state index contributed by atoms with van der Waals surface area (Å²) in [6.07, 6.45) is -4.50. The predicted octanol–water partition coefficient (Wildman–Crippen LogP) is 3.51. The topological polar surface area (TPSA) is 55.4 Å². The van der Waals surface area contributed by atoms with Crippen LogP contribution < -0.4 is 9.46 Å². The summed E-state index contributed by atoms with van der Waals surface area (Å²) in [5.74, 6) is 0.0873. The molecule has 25 heavy (non-hydrogen) atoms. The van der Waals surface area contributed by atoms with Crippen LogP contribution in [0.1, 0.15) is 16.7 Å². The third kappa shape index (κ3) is 6.39. The lowest BCUT2D eigenvalue weighted by molar-refractivity contribution is -0.137. The van der Waals surface area contributed by atoms with Gasteiger partial charge in [0.15, 0.2) is 0 Å². The summed E-state index contributed by atoms with van der Waals surface area (Å²) in [4.78, 5) is 0. The number of alkyl halides is 3. The number of sulfonamides is 1. The van der Waals surface area contributed by atoms with Crippen LogP contribution in [0, 0.1) is 6.92 Å². The van der Waals surface area contributed by atoms with E-state index in [1.165, 1.54) is 12.1 Å². The van der Waals surface area contributed by atoms with Crippen LogP contribution in [0.4, 0.5) is 13.2 Å². The molecule has 4 nitrogen and oxygen atoms in total. The molecular formula is C17H18F3NO3S. The number of aryl methyl sites for hydroxylation is 1. The molecule has 136 valence electrons. The van der Waals surface area contributed by atoms with Gasteiger partial charge in [-0.25, -0.2) is 13.1 Å². The number of halogens is 3. The van der Waals surface area contributed by atoms with Crippen molar-refractivity contribution in [2.75, 3.05) is 13.2 Å². The number of benzene rings is 2. The standard InChI is InChI=1S/C17H18F3NO3S/c1-13-5-7-16(8-6-13)24-10-9-21-25(22,23)12-14-3-2-4-15(11-14)17(18,19)20/h2-8,11,21H,9-10,12H2,1H3. The predicted molar refractivity (Wildman–Crippen MR) is 88.7 cm³/mol. The minimum absolute atomic E-state index is 0.0230. The maximum absolute atomic E-state index is 12.7. The zero-order valence-corrected chi connectivity index (χ0v) is 14.3. The molecule has 0 spiro atoms. The molecule has 0 amide bonds. The van der Waals surface area contributed by atoms with Crippen LogP contribution in [-0.2, 0) is 22.0 Å². The molecule has 0 heterocycles. The number of rotatable bonds is 7. The molecule has 2 aromatic rings. The molecule has 0 saturated carbocycles. The van der Waals surface area contributed by atoms with Gasteiger partial charge in [0, 0.05) is 6.54 Å². The van der Waals surface area contributed by atoms with Gasteiger partial charge in [-0.05, 0) is 30.7 Å². The Balaban J connectivity index is 1.86. The SMILES string of the molecule is Cc1ccc(OCCNS(=O)(=O)Cc2cccc(C(F)(F)F)c2)cc1. The van der Waals surface area contributed by atoms with E-state index < -0.39 is 27.5 Å². The fourth-order valence-corrected chi connectivity index (χ4v) is 3.22. The van der Waals surface area contributed by atoms with Gasteiger partial charge < -0.3 is 4.74 Å². The molecule has 0 unspecified atom stereocenters. The highest BCUT2D eigenvalue weighted by atomic mass is 32.2. The molecule has 0 saturated heterocycles. The monoisotopic (exact) mass is 373 g/mol. The smallest absolute Gasteiger partial charge is 0.416 e. The van der Waals surface area contributed by atoms with Gasteiger partial charge in [-0.1, -0.05) is 35.9 Å². The van der Waals surface area contributed by atoms with Crippen molar-refractivity contribution in [1.29, 1.82) is 0 Å². The van der Waals surface area contributed by atoms with Crippen molar-refractivity contribution in [2.45, 2.75) is 18.9 Å². The second-order valence-corrected chi connectivity index (χ2v) is 7.32. The maximum atomic E-state index is 12.7. The summed E-state index contributed by atoms with van der Waals surface area (Å²) in [6, 6.07) is 11.5. The second kappa shape index (κ2) is 7.88. The van der Waals surface area contributed by atoms with Crippen LogP contribution in [0.2, 0.25) is 0 Å². The lowest BCUT2D eigenvalue weighted by Crippen LogP contribution is -2.29. The minimum atomic E-state index is -4.50. The van der Waals surface area contributed by atoms with E-state index >= 15 is 0 Å². The Morgan fingerprint density at radius 1 is 1.08 bits per heavy atom. The Bertz CT molecular complexity index is 803. The van der Waals surface area contributed by atoms with E-state index in [1.807, 2.05) is 19.1 Å². The molecular weight excluding hydrogens is 355 g/mol. The van der Waals surface area contributed by atoms with Gasteiger partial charge in [0.25, 0.3) is 0 Å². The Morgan fingerprint density at radius 3 is 2.40 bits per heavy atom. The quantitative estimate of drug-likeness (QED) is 0.756. The van der Waals surface area contributed by atoms with Gasteiger partial charge >= 0.3 is 6.18 Å². The summed E-state index contributed by atoms with van der Waals surface area (Å²) < 4.78 is 69.6. The first-order valence-corrected chi connectivity index (χ1v) is 9.14. The first-order valence-electron chi connectivity index (χ1n) is 7.49. The van der Waals surface area contributed by atoms with Crippen LogP contribution in [0.5, 0.6) is 5.75 Å². The van der Waals surface area contributed by atoms with Gasteiger partial charge in [-0.2, -0.15) is 13.2 Å². The first kappa shape index (κ1) is 19.3. The molecule has 2 rings (SSSR count). The van der Waals surface area contributed by atoms with Crippen LogP contribution in [-0.4, -0.2) is 21.6 Å². The van der Waals surface area contributed by atoms with E-state index in [0.29, 0.717) is 5.75 Å². The van der Waals surface area contributed by atoms with Crippen molar-refractivity contribution in [1.82, 2.24) is 4.72 Å². The van der Waals surface area contributed by atoms with Crippen molar-refractivity contribution in [3.05, 3.63) is 65.2 Å². The Morgan fingerprint density at radius 2 is 1.76 bits per heavy atom. The maximum Gasteiger partial charge on any atom is 0.416 e. The fourth-order valence-electron chi connectivity index (χ4n) is 2.11. The zero-order chi connectivity index (χ0) is 18.5.